The van der Waals surface area contributed by atoms with Crippen molar-refractivity contribution in [2.45, 2.75) is 45.3 Å². The average Bonchev–Trinajstić information content (AvgIpc) is 3.22. The maximum absolute atomic E-state index is 12.8. The molecule has 0 bridgehead atoms. The number of aryl methyl sites for hydroxylation is 1. The lowest BCUT2D eigenvalue weighted by molar-refractivity contribution is -0.137. The van der Waals surface area contributed by atoms with E-state index in [1.165, 1.54) is 17.5 Å². The molecule has 0 saturated heterocycles. The van der Waals surface area contributed by atoms with Crippen molar-refractivity contribution in [1.29, 1.82) is 0 Å². The van der Waals surface area contributed by atoms with Gasteiger partial charge in [0.2, 0.25) is 11.7 Å². The molecule has 6 nitrogen and oxygen atoms in total. The van der Waals surface area contributed by atoms with Crippen molar-refractivity contribution >= 4 is 5.91 Å². The molecular formula is C23H25N3O3. The largest absolute Gasteiger partial charge is 0.481 e. The number of rotatable bonds is 6. The molecule has 150 valence electrons. The maximum atomic E-state index is 12.8. The number of likely N-dealkylation sites (N-methyl/N-ethyl adjacent to an activating group) is 1. The predicted octanol–water partition coefficient (Wildman–Crippen LogP) is 4.04. The summed E-state index contributed by atoms with van der Waals surface area (Å²) in [4.78, 5) is 18.8. The van der Waals surface area contributed by atoms with Crippen molar-refractivity contribution in [3.8, 4) is 17.1 Å². The monoisotopic (exact) mass is 391 g/mol. The first-order valence-corrected chi connectivity index (χ1v) is 10.0. The van der Waals surface area contributed by atoms with Crippen molar-refractivity contribution in [3.05, 3.63) is 65.5 Å². The smallest absolute Gasteiger partial charge is 0.263 e. The Morgan fingerprint density at radius 2 is 1.93 bits per heavy atom. The minimum atomic E-state index is -0.593. The van der Waals surface area contributed by atoms with Gasteiger partial charge in [0.25, 0.3) is 5.91 Å². The van der Waals surface area contributed by atoms with Crippen LogP contribution in [-0.4, -0.2) is 34.1 Å². The average molecular weight is 391 g/mol. The van der Waals surface area contributed by atoms with E-state index in [2.05, 4.69) is 16.2 Å². The summed E-state index contributed by atoms with van der Waals surface area (Å²) in [6, 6.07) is 15.7. The van der Waals surface area contributed by atoms with Gasteiger partial charge in [0, 0.05) is 12.6 Å². The molecule has 1 aliphatic carbocycles. The zero-order valence-electron chi connectivity index (χ0n) is 16.8. The van der Waals surface area contributed by atoms with E-state index in [0.29, 0.717) is 11.7 Å². The Hall–Kier alpha value is -3.15. The lowest BCUT2D eigenvalue weighted by Gasteiger charge is -2.24. The van der Waals surface area contributed by atoms with Crippen LogP contribution >= 0.6 is 0 Å². The third-order valence-corrected chi connectivity index (χ3v) is 5.25. The molecule has 2 aromatic carbocycles. The molecule has 0 aliphatic heterocycles. The molecule has 1 amide bonds. The third-order valence-electron chi connectivity index (χ3n) is 5.25. The zero-order chi connectivity index (χ0) is 20.2. The van der Waals surface area contributed by atoms with Gasteiger partial charge in [0.15, 0.2) is 6.10 Å². The molecule has 1 aliphatic rings. The van der Waals surface area contributed by atoms with Crippen molar-refractivity contribution in [1.82, 2.24) is 15.0 Å². The number of hydrogen-bond donors (Lipinski definition) is 0. The first kappa shape index (κ1) is 19.2. The number of hydrogen-bond acceptors (Lipinski definition) is 5. The Bertz CT molecular complexity index is 984. The fraction of sp³-hybridized carbons (Fsp3) is 0.348. The van der Waals surface area contributed by atoms with Crippen LogP contribution in [0.2, 0.25) is 0 Å². The number of carbonyl (C=O) groups excluding carboxylic acids is 1. The van der Waals surface area contributed by atoms with Gasteiger partial charge in [0.05, 0.1) is 6.54 Å². The van der Waals surface area contributed by atoms with Crippen LogP contribution in [0.1, 0.15) is 36.8 Å². The number of fused-ring (bicyclic) bond motifs is 1. The van der Waals surface area contributed by atoms with Crippen LogP contribution in [0.15, 0.2) is 53.1 Å². The second kappa shape index (κ2) is 8.47. The highest BCUT2D eigenvalue weighted by Gasteiger charge is 2.23. The molecule has 0 N–H and O–H groups in total. The number of carbonyl (C=O) groups is 1. The van der Waals surface area contributed by atoms with Gasteiger partial charge < -0.3 is 14.2 Å². The highest BCUT2D eigenvalue weighted by molar-refractivity contribution is 5.80. The maximum Gasteiger partial charge on any atom is 0.263 e. The fourth-order valence-corrected chi connectivity index (χ4v) is 3.71. The highest BCUT2D eigenvalue weighted by atomic mass is 16.5. The van der Waals surface area contributed by atoms with Crippen LogP contribution in [0.25, 0.3) is 11.4 Å². The number of aromatic nitrogens is 2. The van der Waals surface area contributed by atoms with E-state index in [0.717, 1.165) is 30.6 Å². The summed E-state index contributed by atoms with van der Waals surface area (Å²) in [6.07, 6.45) is 3.87. The van der Waals surface area contributed by atoms with Crippen LogP contribution in [-0.2, 0) is 24.2 Å². The van der Waals surface area contributed by atoms with Crippen LogP contribution in [0.5, 0.6) is 5.75 Å². The van der Waals surface area contributed by atoms with Gasteiger partial charge >= 0.3 is 0 Å². The van der Waals surface area contributed by atoms with E-state index in [1.54, 1.807) is 18.9 Å². The Labute approximate surface area is 170 Å². The second-order valence-electron chi connectivity index (χ2n) is 7.43. The lowest BCUT2D eigenvalue weighted by Crippen LogP contribution is -2.37. The van der Waals surface area contributed by atoms with Crippen LogP contribution < -0.4 is 4.74 Å². The first-order valence-electron chi connectivity index (χ1n) is 10.0. The zero-order valence-corrected chi connectivity index (χ0v) is 16.8. The molecule has 4 rings (SSSR count). The van der Waals surface area contributed by atoms with Gasteiger partial charge in [-0.15, -0.1) is 0 Å². The van der Waals surface area contributed by atoms with Crippen LogP contribution in [0, 0.1) is 0 Å². The standard InChI is InChI=1S/C23H25N3O3/c1-16(28-20-14-8-12-17-9-6-7-13-19(17)20)23(27)26(2)15-21-24-22(25-29-21)18-10-4-3-5-11-18/h3-5,8,10-12,14,16H,6-7,9,13,15H2,1-2H3. The van der Waals surface area contributed by atoms with Gasteiger partial charge in [-0.2, -0.15) is 4.98 Å². The summed E-state index contributed by atoms with van der Waals surface area (Å²) >= 11 is 0. The quantitative estimate of drug-likeness (QED) is 0.634. The Morgan fingerprint density at radius 3 is 2.76 bits per heavy atom. The molecule has 0 saturated carbocycles. The molecule has 0 radical (unpaired) electrons. The molecule has 1 unspecified atom stereocenters. The van der Waals surface area contributed by atoms with Crippen LogP contribution in [0.3, 0.4) is 0 Å². The van der Waals surface area contributed by atoms with Gasteiger partial charge in [-0.1, -0.05) is 47.6 Å². The Morgan fingerprint density at radius 1 is 1.14 bits per heavy atom. The summed E-state index contributed by atoms with van der Waals surface area (Å²) in [6.45, 7) is 2.02. The van der Waals surface area contributed by atoms with Crippen LogP contribution in [0.4, 0.5) is 0 Å². The Balaban J connectivity index is 1.40. The number of nitrogens with zero attached hydrogens (tertiary/aromatic N) is 3. The normalized spacial score (nSPS) is 14.1. The van der Waals surface area contributed by atoms with Crippen molar-refractivity contribution in [3.63, 3.8) is 0 Å². The topological polar surface area (TPSA) is 68.5 Å². The SMILES string of the molecule is CC(Oc1cccc2c1CCCC2)C(=O)N(C)Cc1nc(-c2ccccc2)no1. The molecule has 1 atom stereocenters. The predicted molar refractivity (Wildman–Crippen MR) is 109 cm³/mol. The van der Waals surface area contributed by atoms with Crippen molar-refractivity contribution < 1.29 is 14.1 Å². The van der Waals surface area contributed by atoms with Gasteiger partial charge in [0.1, 0.15) is 5.75 Å². The summed E-state index contributed by atoms with van der Waals surface area (Å²) in [5.41, 5.74) is 3.45. The molecule has 1 heterocycles. The third kappa shape index (κ3) is 4.31. The minimum absolute atomic E-state index is 0.127. The minimum Gasteiger partial charge on any atom is -0.481 e. The fourth-order valence-electron chi connectivity index (χ4n) is 3.71. The number of benzene rings is 2. The Kier molecular flexibility index (Phi) is 5.60. The van der Waals surface area contributed by atoms with E-state index in [-0.39, 0.29) is 12.5 Å². The second-order valence-corrected chi connectivity index (χ2v) is 7.43. The number of amides is 1. The van der Waals surface area contributed by atoms with Crippen molar-refractivity contribution in [2.75, 3.05) is 7.05 Å². The molecular weight excluding hydrogens is 366 g/mol. The molecule has 29 heavy (non-hydrogen) atoms. The molecule has 0 spiro atoms. The molecule has 0 fully saturated rings. The molecule has 6 heteroatoms. The first-order chi connectivity index (χ1) is 14.1. The van der Waals surface area contributed by atoms with E-state index < -0.39 is 6.10 Å². The number of ether oxygens (including phenoxy) is 1. The van der Waals surface area contributed by atoms with E-state index >= 15 is 0 Å². The summed E-state index contributed by atoms with van der Waals surface area (Å²) in [5.74, 6) is 1.60. The lowest BCUT2D eigenvalue weighted by atomic mass is 9.91. The van der Waals surface area contributed by atoms with E-state index in [1.807, 2.05) is 42.5 Å². The summed E-state index contributed by atoms with van der Waals surface area (Å²) < 4.78 is 11.4. The van der Waals surface area contributed by atoms with E-state index in [4.69, 9.17) is 9.26 Å². The van der Waals surface area contributed by atoms with Gasteiger partial charge in [-0.3, -0.25) is 4.79 Å². The highest BCUT2D eigenvalue weighted by Crippen LogP contribution is 2.30. The summed E-state index contributed by atoms with van der Waals surface area (Å²) in [5, 5.41) is 4.00. The molecule has 3 aromatic rings. The van der Waals surface area contributed by atoms with Gasteiger partial charge in [-0.05, 0) is 49.8 Å². The summed E-state index contributed by atoms with van der Waals surface area (Å²) in [7, 11) is 1.72. The van der Waals surface area contributed by atoms with Crippen molar-refractivity contribution in [2.24, 2.45) is 0 Å². The molecule has 1 aromatic heterocycles. The van der Waals surface area contributed by atoms with Gasteiger partial charge in [-0.25, -0.2) is 0 Å². The van der Waals surface area contributed by atoms with E-state index in [9.17, 15) is 4.79 Å².